The van der Waals surface area contributed by atoms with Crippen LogP contribution in [0, 0.1) is 0 Å². The molecule has 0 saturated carbocycles. The van der Waals surface area contributed by atoms with Gasteiger partial charge in [0.05, 0.1) is 6.21 Å². The molecule has 2 heterocycles. The maximum Gasteiger partial charge on any atom is 0.174 e. The second-order valence-electron chi connectivity index (χ2n) is 4.94. The number of hydrogen-bond donors (Lipinski definition) is 2. The van der Waals surface area contributed by atoms with Crippen LogP contribution in [-0.4, -0.2) is 27.1 Å². The van der Waals surface area contributed by atoms with Crippen molar-refractivity contribution in [2.24, 2.45) is 10.1 Å². The number of phenols is 1. The molecule has 0 atom stereocenters. The van der Waals surface area contributed by atoms with Crippen LogP contribution in [0.1, 0.15) is 11.3 Å². The van der Waals surface area contributed by atoms with Gasteiger partial charge in [0.2, 0.25) is 0 Å². The lowest BCUT2D eigenvalue weighted by atomic mass is 10.2. The zero-order valence-electron chi connectivity index (χ0n) is 13.0. The van der Waals surface area contributed by atoms with Gasteiger partial charge >= 0.3 is 0 Å². The zero-order chi connectivity index (χ0) is 17.5. The van der Waals surface area contributed by atoms with Crippen molar-refractivity contribution < 1.29 is 5.11 Å². The highest BCUT2D eigenvalue weighted by molar-refractivity contribution is 9.10. The SMILES string of the molecule is Oc1ccc(Br)cc1/C=N\NC(=Nc1ccccn1)c1ccccn1. The minimum absolute atomic E-state index is 0.134. The van der Waals surface area contributed by atoms with Gasteiger partial charge in [-0.25, -0.2) is 9.98 Å². The smallest absolute Gasteiger partial charge is 0.174 e. The molecule has 0 amide bonds. The summed E-state index contributed by atoms with van der Waals surface area (Å²) in [6, 6.07) is 16.1. The Bertz CT molecular complexity index is 898. The number of halogens is 1. The minimum Gasteiger partial charge on any atom is -0.507 e. The quantitative estimate of drug-likeness (QED) is 0.401. The fraction of sp³-hybridized carbons (Fsp3) is 0. The summed E-state index contributed by atoms with van der Waals surface area (Å²) >= 11 is 3.36. The third-order valence-electron chi connectivity index (χ3n) is 3.15. The van der Waals surface area contributed by atoms with E-state index in [0.717, 1.165) is 4.47 Å². The average molecular weight is 396 g/mol. The molecule has 0 saturated heterocycles. The molecule has 0 aliphatic carbocycles. The van der Waals surface area contributed by atoms with Crippen LogP contribution in [0.2, 0.25) is 0 Å². The number of benzene rings is 1. The van der Waals surface area contributed by atoms with E-state index in [0.29, 0.717) is 22.9 Å². The van der Waals surface area contributed by atoms with Crippen molar-refractivity contribution in [1.29, 1.82) is 0 Å². The van der Waals surface area contributed by atoms with E-state index < -0.39 is 0 Å². The molecule has 124 valence electrons. The molecule has 0 aliphatic heterocycles. The van der Waals surface area contributed by atoms with Crippen molar-refractivity contribution in [2.75, 3.05) is 0 Å². The highest BCUT2D eigenvalue weighted by Crippen LogP contribution is 2.20. The summed E-state index contributed by atoms with van der Waals surface area (Å²) in [6.45, 7) is 0. The molecule has 2 aromatic heterocycles. The van der Waals surface area contributed by atoms with Gasteiger partial charge in [-0.05, 0) is 42.5 Å². The molecule has 2 N–H and O–H groups in total. The molecule has 0 fully saturated rings. The van der Waals surface area contributed by atoms with E-state index in [4.69, 9.17) is 0 Å². The predicted octanol–water partition coefficient (Wildman–Crippen LogP) is 3.65. The summed E-state index contributed by atoms with van der Waals surface area (Å²) < 4.78 is 0.846. The Labute approximate surface area is 153 Å². The number of aromatic hydroxyl groups is 1. The molecular weight excluding hydrogens is 382 g/mol. The van der Waals surface area contributed by atoms with Gasteiger partial charge in [-0.15, -0.1) is 0 Å². The molecule has 1 aromatic carbocycles. The van der Waals surface area contributed by atoms with Gasteiger partial charge in [0.15, 0.2) is 11.7 Å². The Balaban J connectivity index is 1.87. The number of amidine groups is 1. The monoisotopic (exact) mass is 395 g/mol. The van der Waals surface area contributed by atoms with Crippen molar-refractivity contribution in [3.8, 4) is 5.75 Å². The Morgan fingerprint density at radius 3 is 2.56 bits per heavy atom. The highest BCUT2D eigenvalue weighted by atomic mass is 79.9. The zero-order valence-corrected chi connectivity index (χ0v) is 14.6. The van der Waals surface area contributed by atoms with Crippen LogP contribution in [0.5, 0.6) is 5.75 Å². The van der Waals surface area contributed by atoms with E-state index >= 15 is 0 Å². The molecule has 25 heavy (non-hydrogen) atoms. The normalized spacial score (nSPS) is 11.6. The van der Waals surface area contributed by atoms with Crippen LogP contribution in [0.4, 0.5) is 5.82 Å². The van der Waals surface area contributed by atoms with Gasteiger partial charge in [0.1, 0.15) is 11.4 Å². The molecule has 3 rings (SSSR count). The molecule has 7 heteroatoms. The number of aromatic nitrogens is 2. The fourth-order valence-corrected chi connectivity index (χ4v) is 2.35. The van der Waals surface area contributed by atoms with Crippen LogP contribution in [-0.2, 0) is 0 Å². The lowest BCUT2D eigenvalue weighted by molar-refractivity contribution is 0.474. The van der Waals surface area contributed by atoms with Crippen molar-refractivity contribution in [3.63, 3.8) is 0 Å². The molecule has 3 aromatic rings. The second kappa shape index (κ2) is 8.16. The highest BCUT2D eigenvalue weighted by Gasteiger charge is 2.05. The molecule has 0 bridgehead atoms. The molecule has 0 radical (unpaired) electrons. The Morgan fingerprint density at radius 1 is 1.04 bits per heavy atom. The number of hydrogen-bond acceptors (Lipinski definition) is 5. The first-order chi connectivity index (χ1) is 12.2. The van der Waals surface area contributed by atoms with Gasteiger partial charge in [-0.1, -0.05) is 28.1 Å². The standard InChI is InChI=1S/C18H14BrN5O/c19-14-7-8-16(25)13(11-14)12-22-24-18(15-5-1-3-9-20-15)23-17-6-2-4-10-21-17/h1-12,25H,(H,21,23,24)/b22-12-. The Morgan fingerprint density at radius 2 is 1.84 bits per heavy atom. The number of rotatable bonds is 4. The largest absolute Gasteiger partial charge is 0.507 e. The van der Waals surface area contributed by atoms with E-state index in [1.54, 1.807) is 36.7 Å². The molecule has 0 spiro atoms. The first kappa shape index (κ1) is 16.8. The number of nitrogens with zero attached hydrogens (tertiary/aromatic N) is 4. The van der Waals surface area contributed by atoms with Crippen molar-refractivity contribution in [3.05, 3.63) is 82.7 Å². The molecule has 6 nitrogen and oxygen atoms in total. The number of aliphatic imine (C=N–C) groups is 1. The van der Waals surface area contributed by atoms with Gasteiger partial charge in [0.25, 0.3) is 0 Å². The van der Waals surface area contributed by atoms with E-state index in [2.05, 4.69) is 41.4 Å². The van der Waals surface area contributed by atoms with Crippen LogP contribution in [0.25, 0.3) is 0 Å². The van der Waals surface area contributed by atoms with E-state index in [9.17, 15) is 5.11 Å². The summed E-state index contributed by atoms with van der Waals surface area (Å²) in [6.07, 6.45) is 4.85. The third-order valence-corrected chi connectivity index (χ3v) is 3.64. The Kier molecular flexibility index (Phi) is 5.48. The number of hydrazone groups is 1. The first-order valence-corrected chi connectivity index (χ1v) is 8.20. The fourth-order valence-electron chi connectivity index (χ4n) is 1.97. The molecule has 0 unspecified atom stereocenters. The van der Waals surface area contributed by atoms with Gasteiger partial charge in [-0.3, -0.25) is 10.4 Å². The van der Waals surface area contributed by atoms with Gasteiger partial charge in [0, 0.05) is 22.4 Å². The maximum atomic E-state index is 9.86. The van der Waals surface area contributed by atoms with Crippen LogP contribution < -0.4 is 5.43 Å². The topological polar surface area (TPSA) is 82.8 Å². The average Bonchev–Trinajstić information content (AvgIpc) is 2.65. The number of nitrogens with one attached hydrogen (secondary N) is 1. The van der Waals surface area contributed by atoms with E-state index in [-0.39, 0.29) is 5.75 Å². The predicted molar refractivity (Wildman–Crippen MR) is 101 cm³/mol. The Hall–Kier alpha value is -3.06. The maximum absolute atomic E-state index is 9.86. The summed E-state index contributed by atoms with van der Waals surface area (Å²) in [4.78, 5) is 12.9. The van der Waals surface area contributed by atoms with Crippen LogP contribution in [0.15, 0.2) is 81.6 Å². The minimum atomic E-state index is 0.134. The lowest BCUT2D eigenvalue weighted by Crippen LogP contribution is -2.20. The molecule has 0 aliphatic rings. The van der Waals surface area contributed by atoms with Crippen molar-refractivity contribution in [2.45, 2.75) is 0 Å². The summed E-state index contributed by atoms with van der Waals surface area (Å²) in [5, 5.41) is 14.0. The van der Waals surface area contributed by atoms with E-state index in [1.165, 1.54) is 6.21 Å². The van der Waals surface area contributed by atoms with Crippen molar-refractivity contribution >= 4 is 33.8 Å². The third kappa shape index (κ3) is 4.71. The number of phenolic OH excluding ortho intramolecular Hbond substituents is 1. The van der Waals surface area contributed by atoms with Crippen LogP contribution >= 0.6 is 15.9 Å². The summed E-state index contributed by atoms with van der Waals surface area (Å²) in [5.41, 5.74) is 4.07. The first-order valence-electron chi connectivity index (χ1n) is 7.41. The molecular formula is C18H14BrN5O. The summed E-state index contributed by atoms with van der Waals surface area (Å²) in [7, 11) is 0. The second-order valence-corrected chi connectivity index (χ2v) is 5.85. The lowest BCUT2D eigenvalue weighted by Gasteiger charge is -2.05. The van der Waals surface area contributed by atoms with Gasteiger partial charge < -0.3 is 5.11 Å². The number of pyridine rings is 2. The summed E-state index contributed by atoms with van der Waals surface area (Å²) in [5.74, 6) is 1.12. The van der Waals surface area contributed by atoms with Gasteiger partial charge in [-0.2, -0.15) is 5.10 Å². The van der Waals surface area contributed by atoms with Crippen molar-refractivity contribution in [1.82, 2.24) is 15.4 Å². The van der Waals surface area contributed by atoms with E-state index in [1.807, 2.05) is 30.3 Å². The van der Waals surface area contributed by atoms with Crippen LogP contribution in [0.3, 0.4) is 0 Å².